The van der Waals surface area contributed by atoms with Crippen LogP contribution >= 0.6 is 11.8 Å². The maximum absolute atomic E-state index is 11.9. The third kappa shape index (κ3) is 3.14. The Morgan fingerprint density at radius 2 is 2.12 bits per heavy atom. The summed E-state index contributed by atoms with van der Waals surface area (Å²) in [6, 6.07) is 0. The van der Waals surface area contributed by atoms with Crippen LogP contribution in [0.2, 0.25) is 0 Å². The van der Waals surface area contributed by atoms with Crippen LogP contribution in [0.25, 0.3) is 0 Å². The van der Waals surface area contributed by atoms with Gasteiger partial charge in [-0.15, -0.1) is 0 Å². The molecule has 4 heteroatoms. The summed E-state index contributed by atoms with van der Waals surface area (Å²) >= 11 is 2.04. The minimum absolute atomic E-state index is 0.193. The second-order valence-electron chi connectivity index (χ2n) is 5.04. The van der Waals surface area contributed by atoms with Crippen molar-refractivity contribution in [2.75, 3.05) is 31.1 Å². The number of amides is 1. The monoisotopic (exact) mass is 242 g/mol. The Bertz CT molecular complexity index is 241. The highest BCUT2D eigenvalue weighted by molar-refractivity contribution is 7.99. The fourth-order valence-electron chi connectivity index (χ4n) is 2.49. The molecule has 0 saturated carbocycles. The largest absolute Gasteiger partial charge is 0.356 e. The standard InChI is InChI=1S/C12H22N2OS/c1-9-6-13-8-11(9)12(15)14-7-10-2-4-16-5-3-10/h9-11,13H,2-8H2,1H3,(H,14,15)/t9-,11-/m1/s1. The molecule has 0 radical (unpaired) electrons. The number of rotatable bonds is 3. The molecule has 2 N–H and O–H groups in total. The molecule has 3 nitrogen and oxygen atoms in total. The zero-order valence-electron chi connectivity index (χ0n) is 10.00. The molecule has 0 aliphatic carbocycles. The molecule has 2 aliphatic rings. The smallest absolute Gasteiger partial charge is 0.224 e. The molecule has 0 unspecified atom stereocenters. The van der Waals surface area contributed by atoms with Crippen molar-refractivity contribution in [2.24, 2.45) is 17.8 Å². The van der Waals surface area contributed by atoms with Crippen LogP contribution in [0.3, 0.4) is 0 Å². The van der Waals surface area contributed by atoms with Gasteiger partial charge in [-0.1, -0.05) is 6.92 Å². The van der Waals surface area contributed by atoms with Crippen molar-refractivity contribution in [3.05, 3.63) is 0 Å². The summed E-state index contributed by atoms with van der Waals surface area (Å²) in [4.78, 5) is 11.9. The highest BCUT2D eigenvalue weighted by Gasteiger charge is 2.29. The van der Waals surface area contributed by atoms with E-state index in [-0.39, 0.29) is 11.8 Å². The molecule has 0 aromatic carbocycles. The van der Waals surface area contributed by atoms with Gasteiger partial charge in [-0.2, -0.15) is 11.8 Å². The van der Waals surface area contributed by atoms with E-state index in [1.54, 1.807) is 0 Å². The molecule has 2 heterocycles. The van der Waals surface area contributed by atoms with Gasteiger partial charge in [0, 0.05) is 13.1 Å². The predicted octanol–water partition coefficient (Wildman–Crippen LogP) is 1.10. The van der Waals surface area contributed by atoms with E-state index < -0.39 is 0 Å². The summed E-state index contributed by atoms with van der Waals surface area (Å²) in [7, 11) is 0. The minimum atomic E-state index is 0.193. The van der Waals surface area contributed by atoms with Crippen molar-refractivity contribution < 1.29 is 4.79 Å². The van der Waals surface area contributed by atoms with E-state index in [0.29, 0.717) is 5.92 Å². The third-order valence-corrected chi connectivity index (χ3v) is 4.81. The van der Waals surface area contributed by atoms with Crippen LogP contribution in [0.5, 0.6) is 0 Å². The lowest BCUT2D eigenvalue weighted by atomic mass is 9.96. The van der Waals surface area contributed by atoms with Crippen molar-refractivity contribution >= 4 is 17.7 Å². The molecule has 2 aliphatic heterocycles. The molecule has 16 heavy (non-hydrogen) atoms. The molecule has 1 amide bonds. The summed E-state index contributed by atoms with van der Waals surface area (Å²) in [5, 5.41) is 6.41. The molecule has 2 rings (SSSR count). The van der Waals surface area contributed by atoms with E-state index in [1.165, 1.54) is 24.3 Å². The van der Waals surface area contributed by atoms with Gasteiger partial charge in [-0.3, -0.25) is 4.79 Å². The Morgan fingerprint density at radius 1 is 1.38 bits per heavy atom. The Balaban J connectivity index is 1.70. The van der Waals surface area contributed by atoms with Crippen molar-refractivity contribution in [1.82, 2.24) is 10.6 Å². The van der Waals surface area contributed by atoms with Gasteiger partial charge < -0.3 is 10.6 Å². The summed E-state index contributed by atoms with van der Waals surface area (Å²) in [5.41, 5.74) is 0. The maximum atomic E-state index is 11.9. The predicted molar refractivity (Wildman–Crippen MR) is 68.6 cm³/mol. The number of thioether (sulfide) groups is 1. The molecule has 0 spiro atoms. The van der Waals surface area contributed by atoms with Crippen LogP contribution in [0.4, 0.5) is 0 Å². The third-order valence-electron chi connectivity index (χ3n) is 3.76. The Kier molecular flexibility index (Phi) is 4.53. The van der Waals surface area contributed by atoms with Crippen molar-refractivity contribution in [2.45, 2.75) is 19.8 Å². The van der Waals surface area contributed by atoms with Gasteiger partial charge in [0.15, 0.2) is 0 Å². The Labute approximate surface area is 102 Å². The van der Waals surface area contributed by atoms with Crippen LogP contribution in [0.1, 0.15) is 19.8 Å². The Morgan fingerprint density at radius 3 is 2.75 bits per heavy atom. The maximum Gasteiger partial charge on any atom is 0.224 e. The van der Waals surface area contributed by atoms with E-state index in [9.17, 15) is 4.79 Å². The average molecular weight is 242 g/mol. The summed E-state index contributed by atoms with van der Waals surface area (Å²) < 4.78 is 0. The van der Waals surface area contributed by atoms with Crippen LogP contribution in [-0.2, 0) is 4.79 Å². The van der Waals surface area contributed by atoms with E-state index in [0.717, 1.165) is 25.6 Å². The zero-order chi connectivity index (χ0) is 11.4. The molecule has 2 saturated heterocycles. The van der Waals surface area contributed by atoms with Gasteiger partial charge in [0.2, 0.25) is 5.91 Å². The first kappa shape index (κ1) is 12.2. The highest BCUT2D eigenvalue weighted by atomic mass is 32.2. The fraction of sp³-hybridized carbons (Fsp3) is 0.917. The number of hydrogen-bond acceptors (Lipinski definition) is 3. The van der Waals surface area contributed by atoms with Gasteiger partial charge in [0.1, 0.15) is 0 Å². The Hall–Kier alpha value is -0.220. The topological polar surface area (TPSA) is 41.1 Å². The first-order valence-corrected chi connectivity index (χ1v) is 7.49. The van der Waals surface area contributed by atoms with E-state index >= 15 is 0 Å². The second-order valence-corrected chi connectivity index (χ2v) is 6.27. The highest BCUT2D eigenvalue weighted by Crippen LogP contribution is 2.22. The van der Waals surface area contributed by atoms with Crippen LogP contribution < -0.4 is 10.6 Å². The van der Waals surface area contributed by atoms with Crippen molar-refractivity contribution in [3.63, 3.8) is 0 Å². The molecule has 0 aromatic heterocycles. The van der Waals surface area contributed by atoms with Gasteiger partial charge in [0.25, 0.3) is 0 Å². The zero-order valence-corrected chi connectivity index (χ0v) is 10.8. The normalized spacial score (nSPS) is 31.6. The number of carbonyl (C=O) groups is 1. The van der Waals surface area contributed by atoms with E-state index in [2.05, 4.69) is 17.6 Å². The number of hydrogen-bond donors (Lipinski definition) is 2. The van der Waals surface area contributed by atoms with Crippen LogP contribution in [-0.4, -0.2) is 37.0 Å². The minimum Gasteiger partial charge on any atom is -0.356 e. The lowest BCUT2D eigenvalue weighted by Crippen LogP contribution is -2.37. The van der Waals surface area contributed by atoms with E-state index in [1.807, 2.05) is 11.8 Å². The SMILES string of the molecule is C[C@@H]1CNC[C@H]1C(=O)NCC1CCSCC1. The molecule has 2 atom stereocenters. The number of carbonyl (C=O) groups excluding carboxylic acids is 1. The number of nitrogens with one attached hydrogen (secondary N) is 2. The lowest BCUT2D eigenvalue weighted by Gasteiger charge is -2.23. The van der Waals surface area contributed by atoms with Crippen molar-refractivity contribution in [3.8, 4) is 0 Å². The molecule has 2 fully saturated rings. The molecule has 0 bridgehead atoms. The second kappa shape index (κ2) is 5.92. The first-order chi connectivity index (χ1) is 7.77. The molecular formula is C12H22N2OS. The molecule has 92 valence electrons. The van der Waals surface area contributed by atoms with Gasteiger partial charge in [0.05, 0.1) is 5.92 Å². The van der Waals surface area contributed by atoms with Crippen LogP contribution in [0.15, 0.2) is 0 Å². The molecule has 0 aromatic rings. The van der Waals surface area contributed by atoms with Crippen LogP contribution in [0, 0.1) is 17.8 Å². The summed E-state index contributed by atoms with van der Waals surface area (Å²) in [6.45, 7) is 4.88. The summed E-state index contributed by atoms with van der Waals surface area (Å²) in [6.07, 6.45) is 2.53. The molecular weight excluding hydrogens is 220 g/mol. The van der Waals surface area contributed by atoms with E-state index in [4.69, 9.17) is 0 Å². The van der Waals surface area contributed by atoms with Gasteiger partial charge >= 0.3 is 0 Å². The van der Waals surface area contributed by atoms with Crippen molar-refractivity contribution in [1.29, 1.82) is 0 Å². The summed E-state index contributed by atoms with van der Waals surface area (Å²) in [5.74, 6) is 4.19. The van der Waals surface area contributed by atoms with Gasteiger partial charge in [-0.25, -0.2) is 0 Å². The quantitative estimate of drug-likeness (QED) is 0.779. The first-order valence-electron chi connectivity index (χ1n) is 6.33. The lowest BCUT2D eigenvalue weighted by molar-refractivity contribution is -0.125. The average Bonchev–Trinajstić information content (AvgIpc) is 2.74. The fourth-order valence-corrected chi connectivity index (χ4v) is 3.69. The van der Waals surface area contributed by atoms with Gasteiger partial charge in [-0.05, 0) is 42.7 Å².